The van der Waals surface area contributed by atoms with Crippen molar-refractivity contribution in [3.8, 4) is 0 Å². The number of nitrogens with one attached hydrogen (secondary N) is 2. The highest BCUT2D eigenvalue weighted by molar-refractivity contribution is 6.31. The van der Waals surface area contributed by atoms with Crippen LogP contribution in [-0.2, 0) is 0 Å². The molecule has 0 bridgehead atoms. The number of benzene rings is 3. The third kappa shape index (κ3) is 4.74. The van der Waals surface area contributed by atoms with Gasteiger partial charge in [-0.25, -0.2) is 0 Å². The first-order chi connectivity index (χ1) is 13.0. The van der Waals surface area contributed by atoms with Crippen molar-refractivity contribution < 1.29 is 9.59 Å². The summed E-state index contributed by atoms with van der Waals surface area (Å²) in [5.41, 5.74) is 2.28. The highest BCUT2D eigenvalue weighted by Crippen LogP contribution is 2.19. The molecule has 0 aromatic heterocycles. The molecule has 0 aliphatic carbocycles. The Kier molecular flexibility index (Phi) is 5.89. The van der Waals surface area contributed by atoms with Crippen LogP contribution >= 0.6 is 11.6 Å². The predicted molar refractivity (Wildman–Crippen MR) is 108 cm³/mol. The summed E-state index contributed by atoms with van der Waals surface area (Å²) in [5.74, 6) is -0.581. The molecule has 3 aromatic carbocycles. The summed E-state index contributed by atoms with van der Waals surface area (Å²) >= 11 is 5.95. The number of amides is 2. The fraction of sp³-hybridized carbons (Fsp3) is 0.0909. The van der Waals surface area contributed by atoms with Crippen molar-refractivity contribution >= 4 is 29.1 Å². The first-order valence-corrected chi connectivity index (χ1v) is 8.94. The van der Waals surface area contributed by atoms with E-state index in [0.717, 1.165) is 5.56 Å². The van der Waals surface area contributed by atoms with Gasteiger partial charge in [0, 0.05) is 10.6 Å². The topological polar surface area (TPSA) is 58.2 Å². The standard InChI is InChI=1S/C22H19ClN2O2/c1-15(16-8-3-2-4-9-16)24-22(27)19-12-5-6-13-20(19)25-21(26)17-10-7-11-18(23)14-17/h2-15H,1H3,(H,24,27)(H,25,26). The SMILES string of the molecule is CC(NC(=O)c1ccccc1NC(=O)c1cccc(Cl)c1)c1ccccc1. The zero-order valence-corrected chi connectivity index (χ0v) is 15.5. The molecule has 0 aliphatic rings. The minimum absolute atomic E-state index is 0.157. The number of hydrogen-bond donors (Lipinski definition) is 2. The third-order valence-electron chi connectivity index (χ3n) is 4.15. The first-order valence-electron chi connectivity index (χ1n) is 8.56. The Morgan fingerprint density at radius 3 is 2.30 bits per heavy atom. The van der Waals surface area contributed by atoms with Crippen molar-refractivity contribution in [2.24, 2.45) is 0 Å². The normalized spacial score (nSPS) is 11.5. The zero-order valence-electron chi connectivity index (χ0n) is 14.8. The van der Waals surface area contributed by atoms with E-state index in [1.165, 1.54) is 0 Å². The van der Waals surface area contributed by atoms with E-state index in [2.05, 4.69) is 10.6 Å². The molecule has 5 heteroatoms. The summed E-state index contributed by atoms with van der Waals surface area (Å²) < 4.78 is 0. The molecule has 1 unspecified atom stereocenters. The fourth-order valence-corrected chi connectivity index (χ4v) is 2.90. The summed E-state index contributed by atoms with van der Waals surface area (Å²) in [6, 6.07) is 23.1. The van der Waals surface area contributed by atoms with Crippen LogP contribution in [0.25, 0.3) is 0 Å². The number of halogens is 1. The molecule has 27 heavy (non-hydrogen) atoms. The second kappa shape index (κ2) is 8.52. The Bertz CT molecular complexity index is 957. The van der Waals surface area contributed by atoms with Gasteiger partial charge in [-0.05, 0) is 42.8 Å². The summed E-state index contributed by atoms with van der Waals surface area (Å²) in [6.07, 6.45) is 0. The van der Waals surface area contributed by atoms with Crippen molar-refractivity contribution in [3.63, 3.8) is 0 Å². The number of rotatable bonds is 5. The Morgan fingerprint density at radius 1 is 0.852 bits per heavy atom. The lowest BCUT2D eigenvalue weighted by atomic mass is 10.1. The zero-order chi connectivity index (χ0) is 19.2. The lowest BCUT2D eigenvalue weighted by Gasteiger charge is -2.16. The number of carbonyl (C=O) groups is 2. The fourth-order valence-electron chi connectivity index (χ4n) is 2.71. The van der Waals surface area contributed by atoms with Crippen LogP contribution in [0, 0.1) is 0 Å². The van der Waals surface area contributed by atoms with Crippen LogP contribution in [0.5, 0.6) is 0 Å². The molecule has 0 spiro atoms. The van der Waals surface area contributed by atoms with E-state index in [1.807, 2.05) is 37.3 Å². The monoisotopic (exact) mass is 378 g/mol. The van der Waals surface area contributed by atoms with Crippen molar-refractivity contribution in [2.75, 3.05) is 5.32 Å². The van der Waals surface area contributed by atoms with E-state index >= 15 is 0 Å². The van der Waals surface area contributed by atoms with Gasteiger partial charge in [0.25, 0.3) is 11.8 Å². The number of anilines is 1. The number of carbonyl (C=O) groups excluding carboxylic acids is 2. The maximum absolute atomic E-state index is 12.7. The quantitative estimate of drug-likeness (QED) is 0.650. The van der Waals surface area contributed by atoms with E-state index in [0.29, 0.717) is 21.8 Å². The maximum Gasteiger partial charge on any atom is 0.255 e. The molecule has 0 radical (unpaired) electrons. The molecule has 0 fully saturated rings. The van der Waals surface area contributed by atoms with Gasteiger partial charge in [0.1, 0.15) is 0 Å². The molecule has 1 atom stereocenters. The Balaban J connectivity index is 1.77. The molecule has 4 nitrogen and oxygen atoms in total. The lowest BCUT2D eigenvalue weighted by Crippen LogP contribution is -2.28. The van der Waals surface area contributed by atoms with Crippen molar-refractivity contribution in [1.82, 2.24) is 5.32 Å². The van der Waals surface area contributed by atoms with Crippen molar-refractivity contribution in [2.45, 2.75) is 13.0 Å². The number of hydrogen-bond acceptors (Lipinski definition) is 2. The van der Waals surface area contributed by atoms with Crippen LogP contribution in [0.15, 0.2) is 78.9 Å². The van der Waals surface area contributed by atoms with E-state index in [4.69, 9.17) is 11.6 Å². The van der Waals surface area contributed by atoms with E-state index in [1.54, 1.807) is 48.5 Å². The largest absolute Gasteiger partial charge is 0.345 e. The van der Waals surface area contributed by atoms with Crippen LogP contribution < -0.4 is 10.6 Å². The van der Waals surface area contributed by atoms with Gasteiger partial charge in [-0.2, -0.15) is 0 Å². The van der Waals surface area contributed by atoms with E-state index in [-0.39, 0.29) is 17.9 Å². The van der Waals surface area contributed by atoms with Crippen molar-refractivity contribution in [3.05, 3.63) is 101 Å². The Morgan fingerprint density at radius 2 is 1.56 bits per heavy atom. The van der Waals surface area contributed by atoms with Crippen LogP contribution in [0.1, 0.15) is 39.2 Å². The summed E-state index contributed by atoms with van der Waals surface area (Å²) in [7, 11) is 0. The molecule has 0 saturated heterocycles. The Labute approximate surface area is 163 Å². The molecule has 0 heterocycles. The average molecular weight is 379 g/mol. The van der Waals surface area contributed by atoms with E-state index in [9.17, 15) is 9.59 Å². The highest BCUT2D eigenvalue weighted by Gasteiger charge is 2.16. The van der Waals surface area contributed by atoms with Gasteiger partial charge in [-0.1, -0.05) is 60.1 Å². The minimum Gasteiger partial charge on any atom is -0.345 e. The second-order valence-corrected chi connectivity index (χ2v) is 6.55. The van der Waals surface area contributed by atoms with Crippen LogP contribution in [0.2, 0.25) is 5.02 Å². The van der Waals surface area contributed by atoms with Crippen LogP contribution in [0.3, 0.4) is 0 Å². The highest BCUT2D eigenvalue weighted by atomic mass is 35.5. The predicted octanol–water partition coefficient (Wildman–Crippen LogP) is 5.08. The summed E-state index contributed by atoms with van der Waals surface area (Å²) in [5, 5.41) is 6.23. The molecule has 3 aromatic rings. The molecule has 3 rings (SSSR count). The molecule has 136 valence electrons. The smallest absolute Gasteiger partial charge is 0.255 e. The van der Waals surface area contributed by atoms with Crippen LogP contribution in [-0.4, -0.2) is 11.8 Å². The minimum atomic E-state index is -0.325. The van der Waals surface area contributed by atoms with Gasteiger partial charge >= 0.3 is 0 Å². The molecule has 0 saturated carbocycles. The van der Waals surface area contributed by atoms with Gasteiger partial charge in [-0.15, -0.1) is 0 Å². The molecule has 2 N–H and O–H groups in total. The third-order valence-corrected chi connectivity index (χ3v) is 4.39. The average Bonchev–Trinajstić information content (AvgIpc) is 2.69. The second-order valence-electron chi connectivity index (χ2n) is 6.12. The van der Waals surface area contributed by atoms with Crippen molar-refractivity contribution in [1.29, 1.82) is 0 Å². The summed E-state index contributed by atoms with van der Waals surface area (Å²) in [4.78, 5) is 25.2. The molecular formula is C22H19ClN2O2. The lowest BCUT2D eigenvalue weighted by molar-refractivity contribution is 0.0941. The van der Waals surface area contributed by atoms with Gasteiger partial charge < -0.3 is 10.6 Å². The van der Waals surface area contributed by atoms with E-state index < -0.39 is 0 Å². The summed E-state index contributed by atoms with van der Waals surface area (Å²) in [6.45, 7) is 1.92. The first kappa shape index (κ1) is 18.7. The molecule has 0 aliphatic heterocycles. The number of para-hydroxylation sites is 1. The maximum atomic E-state index is 12.7. The van der Waals surface area contributed by atoms with Crippen LogP contribution in [0.4, 0.5) is 5.69 Å². The molecular weight excluding hydrogens is 360 g/mol. The Hall–Kier alpha value is -3.11. The van der Waals surface area contributed by atoms with Gasteiger partial charge in [0.15, 0.2) is 0 Å². The van der Waals surface area contributed by atoms with Gasteiger partial charge in [0.2, 0.25) is 0 Å². The van der Waals surface area contributed by atoms with Gasteiger partial charge in [0.05, 0.1) is 17.3 Å². The van der Waals surface area contributed by atoms with Gasteiger partial charge in [-0.3, -0.25) is 9.59 Å². The molecule has 2 amide bonds.